The number of carbonyl (C=O) groups is 2. The molecule has 27 heavy (non-hydrogen) atoms. The summed E-state index contributed by atoms with van der Waals surface area (Å²) in [5.41, 5.74) is 1.01. The highest BCUT2D eigenvalue weighted by molar-refractivity contribution is 7.98. The van der Waals surface area contributed by atoms with E-state index in [2.05, 4.69) is 5.32 Å². The monoisotopic (exact) mass is 389 g/mol. The van der Waals surface area contributed by atoms with Crippen LogP contribution in [-0.2, 0) is 16.0 Å². The Morgan fingerprint density at radius 3 is 2.30 bits per heavy atom. The highest BCUT2D eigenvalue weighted by Crippen LogP contribution is 2.19. The van der Waals surface area contributed by atoms with Crippen molar-refractivity contribution in [2.75, 3.05) is 19.4 Å². The van der Waals surface area contributed by atoms with Crippen LogP contribution in [0.3, 0.4) is 0 Å². The third-order valence-electron chi connectivity index (χ3n) is 3.74. The average molecular weight is 389 g/mol. The summed E-state index contributed by atoms with van der Waals surface area (Å²) in [5, 5.41) is 11.4. The highest BCUT2D eigenvalue weighted by Gasteiger charge is 2.14. The molecule has 144 valence electrons. The van der Waals surface area contributed by atoms with E-state index in [-0.39, 0.29) is 12.5 Å². The number of carboxylic acid groups (broad SMARTS) is 1. The van der Waals surface area contributed by atoms with Gasteiger partial charge in [0.15, 0.2) is 12.7 Å². The van der Waals surface area contributed by atoms with E-state index in [0.29, 0.717) is 24.5 Å². The topological polar surface area (TPSA) is 84.9 Å². The molecule has 0 saturated carbocycles. The Kier molecular flexibility index (Phi) is 8.00. The number of nitrogens with one attached hydrogen (secondary N) is 1. The van der Waals surface area contributed by atoms with E-state index in [1.807, 2.05) is 42.7 Å². The molecule has 7 heteroatoms. The molecule has 2 aromatic rings. The maximum Gasteiger partial charge on any atom is 0.341 e. The molecule has 0 aliphatic heterocycles. The summed E-state index contributed by atoms with van der Waals surface area (Å²) in [5.74, 6) is -0.0317. The largest absolute Gasteiger partial charge is 0.482 e. The summed E-state index contributed by atoms with van der Waals surface area (Å²) in [6.07, 6.45) is 2.07. The first-order chi connectivity index (χ1) is 13.0. The summed E-state index contributed by atoms with van der Waals surface area (Å²) in [6.45, 7) is 1.83. The van der Waals surface area contributed by atoms with Gasteiger partial charge >= 0.3 is 5.97 Å². The van der Waals surface area contributed by atoms with Crippen LogP contribution in [0.4, 0.5) is 0 Å². The zero-order valence-electron chi connectivity index (χ0n) is 15.3. The van der Waals surface area contributed by atoms with Gasteiger partial charge in [0.05, 0.1) is 0 Å². The summed E-state index contributed by atoms with van der Waals surface area (Å²) in [7, 11) is 0. The van der Waals surface area contributed by atoms with Crippen molar-refractivity contribution in [2.24, 2.45) is 0 Å². The van der Waals surface area contributed by atoms with E-state index in [1.54, 1.807) is 30.8 Å². The van der Waals surface area contributed by atoms with Crippen molar-refractivity contribution in [3.63, 3.8) is 0 Å². The number of hydrogen-bond acceptors (Lipinski definition) is 5. The minimum Gasteiger partial charge on any atom is -0.482 e. The number of carbonyl (C=O) groups excluding carboxylic acids is 1. The fourth-order valence-electron chi connectivity index (χ4n) is 2.28. The molecule has 0 aromatic heterocycles. The van der Waals surface area contributed by atoms with Crippen LogP contribution >= 0.6 is 11.8 Å². The predicted octanol–water partition coefficient (Wildman–Crippen LogP) is 3.00. The molecule has 1 unspecified atom stereocenters. The summed E-state index contributed by atoms with van der Waals surface area (Å²) in [4.78, 5) is 23.8. The number of rotatable bonds is 10. The maximum atomic E-state index is 12.1. The lowest BCUT2D eigenvalue weighted by Gasteiger charge is -2.15. The van der Waals surface area contributed by atoms with Gasteiger partial charge in [-0.2, -0.15) is 0 Å². The molecule has 0 fully saturated rings. The van der Waals surface area contributed by atoms with Crippen LogP contribution in [0.1, 0.15) is 12.5 Å². The van der Waals surface area contributed by atoms with Crippen molar-refractivity contribution in [1.29, 1.82) is 0 Å². The second-order valence-corrected chi connectivity index (χ2v) is 6.68. The van der Waals surface area contributed by atoms with Gasteiger partial charge in [-0.05, 0) is 61.6 Å². The van der Waals surface area contributed by atoms with E-state index < -0.39 is 12.1 Å². The lowest BCUT2D eigenvalue weighted by Crippen LogP contribution is -2.37. The summed E-state index contributed by atoms with van der Waals surface area (Å²) in [6, 6.07) is 14.7. The number of amides is 1. The number of ether oxygens (including phenoxy) is 2. The first kappa shape index (κ1) is 20.6. The smallest absolute Gasteiger partial charge is 0.341 e. The zero-order chi connectivity index (χ0) is 19.6. The molecular formula is C20H23NO5S. The van der Waals surface area contributed by atoms with E-state index in [1.165, 1.54) is 0 Å². The predicted molar refractivity (Wildman–Crippen MR) is 105 cm³/mol. The lowest BCUT2D eigenvalue weighted by atomic mass is 10.1. The number of aliphatic carboxylic acids is 1. The van der Waals surface area contributed by atoms with Gasteiger partial charge in [0.2, 0.25) is 0 Å². The summed E-state index contributed by atoms with van der Waals surface area (Å²) >= 11 is 1.65. The van der Waals surface area contributed by atoms with Crippen LogP contribution < -0.4 is 14.8 Å². The second-order valence-electron chi connectivity index (χ2n) is 5.80. The van der Waals surface area contributed by atoms with Crippen molar-refractivity contribution in [3.8, 4) is 11.5 Å². The van der Waals surface area contributed by atoms with Gasteiger partial charge in [-0.3, -0.25) is 4.79 Å². The van der Waals surface area contributed by atoms with E-state index in [9.17, 15) is 9.59 Å². The van der Waals surface area contributed by atoms with Crippen molar-refractivity contribution in [2.45, 2.75) is 24.3 Å². The fraction of sp³-hybridized carbons (Fsp3) is 0.300. The molecule has 0 aliphatic rings. The molecule has 1 amide bonds. The molecule has 2 N–H and O–H groups in total. The van der Waals surface area contributed by atoms with Crippen LogP contribution in [0, 0.1) is 0 Å². The van der Waals surface area contributed by atoms with Crippen molar-refractivity contribution in [3.05, 3.63) is 54.1 Å². The van der Waals surface area contributed by atoms with Gasteiger partial charge in [-0.15, -0.1) is 11.8 Å². The van der Waals surface area contributed by atoms with Gasteiger partial charge in [-0.1, -0.05) is 12.1 Å². The van der Waals surface area contributed by atoms with Crippen LogP contribution in [0.25, 0.3) is 0 Å². The zero-order valence-corrected chi connectivity index (χ0v) is 16.1. The molecule has 0 radical (unpaired) electrons. The van der Waals surface area contributed by atoms with Crippen LogP contribution in [-0.4, -0.2) is 42.5 Å². The van der Waals surface area contributed by atoms with E-state index >= 15 is 0 Å². The van der Waals surface area contributed by atoms with E-state index in [0.717, 1.165) is 10.5 Å². The average Bonchev–Trinajstić information content (AvgIpc) is 2.67. The van der Waals surface area contributed by atoms with Gasteiger partial charge in [-0.25, -0.2) is 4.79 Å². The number of benzene rings is 2. The minimum absolute atomic E-state index is 0.176. The van der Waals surface area contributed by atoms with Gasteiger partial charge in [0, 0.05) is 11.4 Å². The molecule has 0 saturated heterocycles. The van der Waals surface area contributed by atoms with E-state index in [4.69, 9.17) is 14.6 Å². The van der Waals surface area contributed by atoms with Gasteiger partial charge in [0.1, 0.15) is 11.5 Å². The highest BCUT2D eigenvalue weighted by atomic mass is 32.2. The first-order valence-corrected chi connectivity index (χ1v) is 9.72. The van der Waals surface area contributed by atoms with Crippen molar-refractivity contribution >= 4 is 23.6 Å². The Morgan fingerprint density at radius 1 is 1.07 bits per heavy atom. The second kappa shape index (κ2) is 10.5. The summed E-state index contributed by atoms with van der Waals surface area (Å²) < 4.78 is 10.7. The van der Waals surface area contributed by atoms with Gasteiger partial charge in [0.25, 0.3) is 5.91 Å². The van der Waals surface area contributed by atoms with Crippen LogP contribution in [0.15, 0.2) is 53.4 Å². The Bertz CT molecular complexity index is 746. The fourth-order valence-corrected chi connectivity index (χ4v) is 2.69. The number of hydrogen-bond donors (Lipinski definition) is 2. The number of carboxylic acids is 1. The third-order valence-corrected chi connectivity index (χ3v) is 4.48. The quantitative estimate of drug-likeness (QED) is 0.608. The lowest BCUT2D eigenvalue weighted by molar-refractivity contribution is -0.139. The molecular weight excluding hydrogens is 366 g/mol. The Labute approximate surface area is 162 Å². The molecule has 0 spiro atoms. The number of thioether (sulfide) groups is 1. The third kappa shape index (κ3) is 7.22. The molecule has 0 aliphatic carbocycles. The maximum absolute atomic E-state index is 12.1. The SMILES string of the molecule is CSc1ccc(OC(C)C(=O)NCCc2ccc(OCC(=O)O)cc2)cc1. The molecule has 6 nitrogen and oxygen atoms in total. The molecule has 1 atom stereocenters. The standard InChI is InChI=1S/C20H23NO5S/c1-14(26-17-7-9-18(27-2)10-8-17)20(24)21-12-11-15-3-5-16(6-4-15)25-13-19(22)23/h3-10,14H,11-13H2,1-2H3,(H,21,24)(H,22,23). The van der Waals surface area contributed by atoms with Crippen LogP contribution in [0.2, 0.25) is 0 Å². The van der Waals surface area contributed by atoms with Crippen molar-refractivity contribution < 1.29 is 24.2 Å². The Balaban J connectivity index is 1.73. The molecule has 2 rings (SSSR count). The van der Waals surface area contributed by atoms with Crippen LogP contribution in [0.5, 0.6) is 11.5 Å². The first-order valence-electron chi connectivity index (χ1n) is 8.50. The van der Waals surface area contributed by atoms with Crippen molar-refractivity contribution in [1.82, 2.24) is 5.32 Å². The normalized spacial score (nSPS) is 11.5. The molecule has 2 aromatic carbocycles. The Morgan fingerprint density at radius 2 is 1.70 bits per heavy atom. The Hall–Kier alpha value is -2.67. The minimum atomic E-state index is -1.02. The molecule has 0 heterocycles. The van der Waals surface area contributed by atoms with Gasteiger partial charge < -0.3 is 19.9 Å². The molecule has 0 bridgehead atoms.